The van der Waals surface area contributed by atoms with E-state index < -0.39 is 11.6 Å². The minimum atomic E-state index is -0.845. The maximum absolute atomic E-state index is 14.9. The van der Waals surface area contributed by atoms with E-state index in [9.17, 15) is 13.2 Å². The van der Waals surface area contributed by atoms with Gasteiger partial charge in [-0.25, -0.2) is 13.2 Å². The van der Waals surface area contributed by atoms with Crippen LogP contribution in [-0.4, -0.2) is 0 Å². The molecule has 0 aliphatic carbocycles. The summed E-state index contributed by atoms with van der Waals surface area (Å²) in [6, 6.07) is 14.1. The molecule has 0 N–H and O–H groups in total. The summed E-state index contributed by atoms with van der Waals surface area (Å²) < 4.78 is 44.5. The first-order chi connectivity index (χ1) is 16.5. The van der Waals surface area contributed by atoms with Gasteiger partial charge < -0.3 is 0 Å². The second kappa shape index (κ2) is 9.95. The van der Waals surface area contributed by atoms with Gasteiger partial charge in [0, 0.05) is 20.2 Å². The molecule has 0 amide bonds. The van der Waals surface area contributed by atoms with Crippen LogP contribution in [0.3, 0.4) is 0 Å². The quantitative estimate of drug-likeness (QED) is 0.185. The summed E-state index contributed by atoms with van der Waals surface area (Å²) in [4.78, 5) is 0. The molecule has 0 spiro atoms. The number of unbranched alkanes of at least 4 members (excludes halogenated alkanes) is 7. The Labute approximate surface area is 202 Å². The number of rotatable bonds is 9. The Hall–Kier alpha value is -2.59. The predicted octanol–water partition coefficient (Wildman–Crippen LogP) is 10.5. The molecule has 1 aromatic heterocycles. The minimum Gasteiger partial charge on any atom is -0.207 e. The SMILES string of the molecule is CCCCCCCCCCc1cc2cc3sc4cc5cc(F)c(F)cc5cc4c3cc2cc1F. The fourth-order valence-electron chi connectivity index (χ4n) is 4.97. The molecule has 0 bridgehead atoms. The second-order valence-electron chi connectivity index (χ2n) is 9.43. The van der Waals surface area contributed by atoms with Crippen LogP contribution in [0.15, 0.2) is 48.5 Å². The highest BCUT2D eigenvalue weighted by molar-refractivity contribution is 7.26. The molecular weight excluding hydrogens is 449 g/mol. The number of hydrogen-bond acceptors (Lipinski definition) is 1. The molecule has 0 unspecified atom stereocenters. The molecule has 0 fully saturated rings. The average Bonchev–Trinajstić information content (AvgIpc) is 3.15. The first-order valence-corrected chi connectivity index (χ1v) is 13.2. The Morgan fingerprint density at radius 1 is 0.529 bits per heavy atom. The van der Waals surface area contributed by atoms with Gasteiger partial charge in [0.15, 0.2) is 11.6 Å². The van der Waals surface area contributed by atoms with Crippen molar-refractivity contribution < 1.29 is 13.2 Å². The van der Waals surface area contributed by atoms with Gasteiger partial charge in [0.1, 0.15) is 5.82 Å². The van der Waals surface area contributed by atoms with Gasteiger partial charge in [-0.05, 0) is 88.5 Å². The van der Waals surface area contributed by atoms with E-state index in [4.69, 9.17) is 0 Å². The highest BCUT2D eigenvalue weighted by Gasteiger charge is 2.12. The summed E-state index contributed by atoms with van der Waals surface area (Å²) in [7, 11) is 0. The zero-order valence-corrected chi connectivity index (χ0v) is 20.3. The Morgan fingerprint density at radius 2 is 1.00 bits per heavy atom. The van der Waals surface area contributed by atoms with Crippen molar-refractivity contribution in [3.05, 3.63) is 71.5 Å². The number of thiophene rings is 1. The van der Waals surface area contributed by atoms with E-state index >= 15 is 0 Å². The molecule has 34 heavy (non-hydrogen) atoms. The topological polar surface area (TPSA) is 0 Å². The van der Waals surface area contributed by atoms with Gasteiger partial charge in [-0.3, -0.25) is 0 Å². The molecule has 0 saturated carbocycles. The van der Waals surface area contributed by atoms with Crippen LogP contribution in [0.1, 0.15) is 63.9 Å². The molecule has 0 aliphatic rings. The standard InChI is InChI=1S/C30H29F3S/c1-2-3-4-5-6-7-8-9-10-19-11-20-17-29-24(12-21(20)14-26(19)31)25-13-22-15-27(32)28(33)16-23(22)18-30(25)34-29/h11-18H,2-10H2,1H3. The molecule has 0 nitrogen and oxygen atoms in total. The predicted molar refractivity (Wildman–Crippen MR) is 141 cm³/mol. The number of halogens is 3. The van der Waals surface area contributed by atoms with Crippen LogP contribution in [-0.2, 0) is 6.42 Å². The summed E-state index contributed by atoms with van der Waals surface area (Å²) in [5.41, 5.74) is 0.788. The van der Waals surface area contributed by atoms with Crippen LogP contribution in [0.2, 0.25) is 0 Å². The van der Waals surface area contributed by atoms with Crippen molar-refractivity contribution in [3.63, 3.8) is 0 Å². The molecule has 0 radical (unpaired) electrons. The fraction of sp³-hybridized carbons (Fsp3) is 0.333. The highest BCUT2D eigenvalue weighted by atomic mass is 32.1. The van der Waals surface area contributed by atoms with Gasteiger partial charge in [-0.1, -0.05) is 51.9 Å². The van der Waals surface area contributed by atoms with Crippen LogP contribution in [0.4, 0.5) is 13.2 Å². The monoisotopic (exact) mass is 478 g/mol. The lowest BCUT2D eigenvalue weighted by atomic mass is 9.99. The summed E-state index contributed by atoms with van der Waals surface area (Å²) in [6.07, 6.45) is 10.7. The van der Waals surface area contributed by atoms with Crippen molar-refractivity contribution in [2.75, 3.05) is 0 Å². The van der Waals surface area contributed by atoms with Crippen molar-refractivity contribution in [3.8, 4) is 0 Å². The van der Waals surface area contributed by atoms with Crippen molar-refractivity contribution in [2.24, 2.45) is 0 Å². The summed E-state index contributed by atoms with van der Waals surface area (Å²) in [5.74, 6) is -1.82. The van der Waals surface area contributed by atoms with Crippen LogP contribution >= 0.6 is 11.3 Å². The normalized spacial score (nSPS) is 12.0. The maximum atomic E-state index is 14.9. The fourth-order valence-corrected chi connectivity index (χ4v) is 6.14. The largest absolute Gasteiger partial charge is 0.207 e. The smallest absolute Gasteiger partial charge is 0.159 e. The van der Waals surface area contributed by atoms with Crippen molar-refractivity contribution in [2.45, 2.75) is 64.7 Å². The lowest BCUT2D eigenvalue weighted by molar-refractivity contribution is 0.511. The Morgan fingerprint density at radius 3 is 1.59 bits per heavy atom. The van der Waals surface area contributed by atoms with E-state index in [1.54, 1.807) is 17.4 Å². The number of benzene rings is 4. The lowest BCUT2D eigenvalue weighted by Gasteiger charge is -2.07. The zero-order valence-electron chi connectivity index (χ0n) is 19.5. The number of aryl methyl sites for hydroxylation is 1. The Bertz CT molecular complexity index is 1480. The molecule has 5 aromatic rings. The molecule has 176 valence electrons. The number of fused-ring (bicyclic) bond motifs is 5. The molecule has 4 aromatic carbocycles. The second-order valence-corrected chi connectivity index (χ2v) is 10.5. The summed E-state index contributed by atoms with van der Waals surface area (Å²) >= 11 is 1.63. The van der Waals surface area contributed by atoms with E-state index in [0.717, 1.165) is 55.8 Å². The molecule has 0 aliphatic heterocycles. The van der Waals surface area contributed by atoms with Gasteiger partial charge in [-0.2, -0.15) is 0 Å². The van der Waals surface area contributed by atoms with Crippen molar-refractivity contribution in [1.29, 1.82) is 0 Å². The molecule has 1 heterocycles. The summed E-state index contributed by atoms with van der Waals surface area (Å²) in [6.45, 7) is 2.23. The molecular formula is C30H29F3S. The van der Waals surface area contributed by atoms with Crippen molar-refractivity contribution >= 4 is 53.1 Å². The van der Waals surface area contributed by atoms with E-state index in [-0.39, 0.29) is 5.82 Å². The third kappa shape index (κ3) is 4.65. The van der Waals surface area contributed by atoms with Gasteiger partial charge in [-0.15, -0.1) is 11.3 Å². The molecule has 0 atom stereocenters. The third-order valence-electron chi connectivity index (χ3n) is 6.89. The summed E-state index contributed by atoms with van der Waals surface area (Å²) in [5, 5.41) is 5.27. The highest BCUT2D eigenvalue weighted by Crippen LogP contribution is 2.39. The molecule has 0 saturated heterocycles. The Balaban J connectivity index is 1.40. The third-order valence-corrected chi connectivity index (χ3v) is 8.01. The van der Waals surface area contributed by atoms with Crippen LogP contribution < -0.4 is 0 Å². The first-order valence-electron chi connectivity index (χ1n) is 12.4. The van der Waals surface area contributed by atoms with Crippen LogP contribution in [0.25, 0.3) is 41.7 Å². The lowest BCUT2D eigenvalue weighted by Crippen LogP contribution is -1.92. The molecule has 4 heteroatoms. The van der Waals surface area contributed by atoms with E-state index in [0.29, 0.717) is 10.8 Å². The van der Waals surface area contributed by atoms with E-state index in [1.807, 2.05) is 24.3 Å². The van der Waals surface area contributed by atoms with E-state index in [1.165, 1.54) is 50.7 Å². The average molecular weight is 479 g/mol. The van der Waals surface area contributed by atoms with E-state index in [2.05, 4.69) is 13.0 Å². The van der Waals surface area contributed by atoms with Crippen molar-refractivity contribution in [1.82, 2.24) is 0 Å². The van der Waals surface area contributed by atoms with Gasteiger partial charge in [0.05, 0.1) is 0 Å². The van der Waals surface area contributed by atoms with Crippen LogP contribution in [0.5, 0.6) is 0 Å². The van der Waals surface area contributed by atoms with Crippen LogP contribution in [0, 0.1) is 17.5 Å². The maximum Gasteiger partial charge on any atom is 0.159 e. The van der Waals surface area contributed by atoms with Gasteiger partial charge in [0.2, 0.25) is 0 Å². The zero-order chi connectivity index (χ0) is 23.7. The molecule has 5 rings (SSSR count). The number of hydrogen-bond donors (Lipinski definition) is 0. The first kappa shape index (κ1) is 23.2. The minimum absolute atomic E-state index is 0.141. The Kier molecular flexibility index (Phi) is 6.78. The van der Waals surface area contributed by atoms with Gasteiger partial charge >= 0.3 is 0 Å². The van der Waals surface area contributed by atoms with Gasteiger partial charge in [0.25, 0.3) is 0 Å².